The third-order valence-electron chi connectivity index (χ3n) is 4.63. The van der Waals surface area contributed by atoms with Crippen molar-refractivity contribution >= 4 is 45.0 Å². The van der Waals surface area contributed by atoms with Crippen LogP contribution in [0.1, 0.15) is 15.9 Å². The van der Waals surface area contributed by atoms with E-state index in [1.165, 1.54) is 30.3 Å². The summed E-state index contributed by atoms with van der Waals surface area (Å²) in [4.78, 5) is 16.6. The van der Waals surface area contributed by atoms with E-state index in [0.29, 0.717) is 22.0 Å². The molecule has 33 heavy (non-hydrogen) atoms. The van der Waals surface area contributed by atoms with E-state index in [2.05, 4.69) is 15.0 Å². The van der Waals surface area contributed by atoms with Crippen LogP contribution >= 0.6 is 11.6 Å². The van der Waals surface area contributed by atoms with Gasteiger partial charge in [0.2, 0.25) is 0 Å². The second kappa shape index (κ2) is 9.72. The Morgan fingerprint density at radius 2 is 1.70 bits per heavy atom. The second-order valence-corrected chi connectivity index (χ2v) is 9.00. The lowest BCUT2D eigenvalue weighted by atomic mass is 10.2. The molecule has 0 fully saturated rings. The van der Waals surface area contributed by atoms with E-state index in [1.807, 2.05) is 18.2 Å². The summed E-state index contributed by atoms with van der Waals surface area (Å²) in [5.74, 6) is -0.347. The maximum absolute atomic E-state index is 12.6. The van der Waals surface area contributed by atoms with Crippen molar-refractivity contribution in [2.45, 2.75) is 0 Å². The van der Waals surface area contributed by atoms with Crippen LogP contribution in [0.5, 0.6) is 0 Å². The van der Waals surface area contributed by atoms with E-state index < -0.39 is 10.0 Å². The Morgan fingerprint density at radius 1 is 0.970 bits per heavy atom. The van der Waals surface area contributed by atoms with Gasteiger partial charge in [0.25, 0.3) is 15.9 Å². The zero-order chi connectivity index (χ0) is 23.3. The van der Waals surface area contributed by atoms with Crippen molar-refractivity contribution in [3.05, 3.63) is 113 Å². The Labute approximate surface area is 196 Å². The molecule has 4 aromatic rings. The number of nitrogens with one attached hydrogen (secondary N) is 2. The van der Waals surface area contributed by atoms with E-state index >= 15 is 0 Å². The number of amides is 1. The highest BCUT2D eigenvalue weighted by atomic mass is 35.5. The number of sulfonamides is 1. The van der Waals surface area contributed by atoms with Gasteiger partial charge in [-0.05, 0) is 54.1 Å². The van der Waals surface area contributed by atoms with Crippen LogP contribution in [-0.2, 0) is 10.0 Å². The number of imidazole rings is 1. The molecule has 0 aliphatic heterocycles. The smallest absolute Gasteiger partial charge is 0.255 e. The number of halogens is 1. The molecule has 1 amide bonds. The maximum atomic E-state index is 12.6. The van der Waals surface area contributed by atoms with Crippen molar-refractivity contribution in [2.75, 3.05) is 10.0 Å². The zero-order valence-corrected chi connectivity index (χ0v) is 18.8. The molecule has 3 aromatic carbocycles. The van der Waals surface area contributed by atoms with Crippen molar-refractivity contribution in [1.82, 2.24) is 9.55 Å². The minimum absolute atomic E-state index is 0.344. The summed E-state index contributed by atoms with van der Waals surface area (Å²) in [6, 6.07) is 20.4. The summed E-state index contributed by atoms with van der Waals surface area (Å²) < 4.78 is 28.8. The summed E-state index contributed by atoms with van der Waals surface area (Å²) in [6.07, 6.45) is 6.56. The van der Waals surface area contributed by atoms with Crippen LogP contribution < -0.4 is 10.0 Å². The standard InChI is InChI=1S/C24H19ClN4O3S/c25-22-16-21(10-11-23(22)29-14-13-26-17-29)27-24(30)19-6-8-20(9-7-19)28-33(31,32)15-12-18-4-2-1-3-5-18/h1-17,28H,(H,27,30)/b15-12+. The summed E-state index contributed by atoms with van der Waals surface area (Å²) in [6.45, 7) is 0. The average Bonchev–Trinajstić information content (AvgIpc) is 3.33. The van der Waals surface area contributed by atoms with Gasteiger partial charge in [-0.1, -0.05) is 41.9 Å². The minimum atomic E-state index is -3.69. The highest BCUT2D eigenvalue weighted by molar-refractivity contribution is 7.95. The summed E-state index contributed by atoms with van der Waals surface area (Å²) in [7, 11) is -3.69. The molecular weight excluding hydrogens is 460 g/mol. The number of rotatable bonds is 7. The van der Waals surface area contributed by atoms with E-state index in [-0.39, 0.29) is 5.91 Å². The van der Waals surface area contributed by atoms with Crippen LogP contribution in [0.4, 0.5) is 11.4 Å². The number of hydrogen-bond acceptors (Lipinski definition) is 4. The first-order chi connectivity index (χ1) is 15.9. The van der Waals surface area contributed by atoms with Gasteiger partial charge in [0.05, 0.1) is 22.4 Å². The fourth-order valence-electron chi connectivity index (χ4n) is 3.02. The number of hydrogen-bond donors (Lipinski definition) is 2. The van der Waals surface area contributed by atoms with Gasteiger partial charge < -0.3 is 9.88 Å². The molecule has 0 aliphatic rings. The zero-order valence-electron chi connectivity index (χ0n) is 17.2. The van der Waals surface area contributed by atoms with Crippen molar-refractivity contribution in [3.63, 3.8) is 0 Å². The Morgan fingerprint density at radius 3 is 2.36 bits per heavy atom. The Kier molecular flexibility index (Phi) is 6.58. The number of carbonyl (C=O) groups is 1. The highest BCUT2D eigenvalue weighted by Crippen LogP contribution is 2.24. The maximum Gasteiger partial charge on any atom is 0.255 e. The molecule has 1 heterocycles. The van der Waals surface area contributed by atoms with Crippen molar-refractivity contribution in [3.8, 4) is 5.69 Å². The van der Waals surface area contributed by atoms with Gasteiger partial charge in [-0.2, -0.15) is 0 Å². The number of carbonyl (C=O) groups excluding carboxylic acids is 1. The quantitative estimate of drug-likeness (QED) is 0.382. The molecule has 0 radical (unpaired) electrons. The van der Waals surface area contributed by atoms with Gasteiger partial charge in [0.15, 0.2) is 0 Å². The monoisotopic (exact) mass is 478 g/mol. The molecule has 2 N–H and O–H groups in total. The van der Waals surface area contributed by atoms with Crippen LogP contribution in [0.2, 0.25) is 5.02 Å². The molecular formula is C24H19ClN4O3S. The van der Waals surface area contributed by atoms with Crippen LogP contribution in [0, 0.1) is 0 Å². The van der Waals surface area contributed by atoms with Crippen LogP contribution in [0.3, 0.4) is 0 Å². The second-order valence-electron chi connectivity index (χ2n) is 7.03. The third kappa shape index (κ3) is 5.88. The summed E-state index contributed by atoms with van der Waals surface area (Å²) >= 11 is 6.33. The normalized spacial score (nSPS) is 11.4. The molecule has 4 rings (SSSR count). The van der Waals surface area contributed by atoms with Gasteiger partial charge in [0, 0.05) is 29.3 Å². The predicted molar refractivity (Wildman–Crippen MR) is 131 cm³/mol. The average molecular weight is 479 g/mol. The molecule has 0 saturated carbocycles. The lowest BCUT2D eigenvalue weighted by molar-refractivity contribution is 0.102. The fraction of sp³-hybridized carbons (Fsp3) is 0. The molecule has 0 spiro atoms. The van der Waals surface area contributed by atoms with Crippen LogP contribution in [0.25, 0.3) is 11.8 Å². The number of aromatic nitrogens is 2. The Hall–Kier alpha value is -3.88. The molecule has 0 unspecified atom stereocenters. The van der Waals surface area contributed by atoms with Gasteiger partial charge >= 0.3 is 0 Å². The van der Waals surface area contributed by atoms with Crippen molar-refractivity contribution in [1.29, 1.82) is 0 Å². The first kappa shape index (κ1) is 22.3. The minimum Gasteiger partial charge on any atom is -0.322 e. The molecule has 166 valence electrons. The van der Waals surface area contributed by atoms with Gasteiger partial charge in [-0.25, -0.2) is 13.4 Å². The van der Waals surface area contributed by atoms with E-state index in [0.717, 1.165) is 16.7 Å². The highest BCUT2D eigenvalue weighted by Gasteiger charge is 2.10. The number of nitrogens with zero attached hydrogens (tertiary/aromatic N) is 2. The molecule has 0 bridgehead atoms. The topological polar surface area (TPSA) is 93.1 Å². The van der Waals surface area contributed by atoms with E-state index in [1.54, 1.807) is 53.6 Å². The fourth-order valence-corrected chi connectivity index (χ4v) is 4.17. The van der Waals surface area contributed by atoms with Gasteiger partial charge in [-0.3, -0.25) is 9.52 Å². The molecule has 1 aromatic heterocycles. The van der Waals surface area contributed by atoms with Crippen LogP contribution in [0.15, 0.2) is 96.9 Å². The van der Waals surface area contributed by atoms with Crippen LogP contribution in [-0.4, -0.2) is 23.9 Å². The Balaban J connectivity index is 1.40. The lowest BCUT2D eigenvalue weighted by Crippen LogP contribution is -2.13. The Bertz CT molecular complexity index is 1390. The largest absolute Gasteiger partial charge is 0.322 e. The number of anilines is 2. The van der Waals surface area contributed by atoms with E-state index in [9.17, 15) is 13.2 Å². The lowest BCUT2D eigenvalue weighted by Gasteiger charge is -2.10. The third-order valence-corrected chi connectivity index (χ3v) is 5.95. The summed E-state index contributed by atoms with van der Waals surface area (Å²) in [5, 5.41) is 4.33. The molecule has 0 aliphatic carbocycles. The number of benzene rings is 3. The molecule has 0 atom stereocenters. The SMILES string of the molecule is O=C(Nc1ccc(-n2ccnc2)c(Cl)c1)c1ccc(NS(=O)(=O)/C=C/c2ccccc2)cc1. The first-order valence-electron chi connectivity index (χ1n) is 9.85. The first-order valence-corrected chi connectivity index (χ1v) is 11.8. The molecule has 7 nitrogen and oxygen atoms in total. The molecule has 9 heteroatoms. The van der Waals surface area contributed by atoms with E-state index in [4.69, 9.17) is 11.6 Å². The summed E-state index contributed by atoms with van der Waals surface area (Å²) in [5.41, 5.74) is 2.76. The van der Waals surface area contributed by atoms with Gasteiger partial charge in [0.1, 0.15) is 0 Å². The molecule has 0 saturated heterocycles. The predicted octanol–water partition coefficient (Wildman–Crippen LogP) is 5.19. The van der Waals surface area contributed by atoms with Gasteiger partial charge in [-0.15, -0.1) is 0 Å². The van der Waals surface area contributed by atoms with Crippen molar-refractivity contribution in [2.24, 2.45) is 0 Å². The van der Waals surface area contributed by atoms with Crippen molar-refractivity contribution < 1.29 is 13.2 Å².